The summed E-state index contributed by atoms with van der Waals surface area (Å²) in [7, 11) is 0. The van der Waals surface area contributed by atoms with Crippen LogP contribution in [0.1, 0.15) is 12.8 Å². The van der Waals surface area contributed by atoms with E-state index < -0.39 is 0 Å². The van der Waals surface area contributed by atoms with Gasteiger partial charge in [0.25, 0.3) is 0 Å². The Kier molecular flexibility index (Phi) is 1.39. The highest BCUT2D eigenvalue weighted by Gasteiger charge is 1.73. The van der Waals surface area contributed by atoms with Gasteiger partial charge in [0, 0.05) is 0 Å². The van der Waals surface area contributed by atoms with E-state index in [0.29, 0.717) is 0 Å². The Morgan fingerprint density at radius 2 is 1.57 bits per heavy atom. The van der Waals surface area contributed by atoms with Gasteiger partial charge >= 0.3 is 0 Å². The second-order valence-corrected chi connectivity index (χ2v) is 1.40. The minimum Gasteiger partial charge on any atom is -0.0658 e. The smallest absolute Gasteiger partial charge is 0.0197 e. The Morgan fingerprint density at radius 3 is 2.14 bits per heavy atom. The average molecular weight is 90.1 g/mol. The molecule has 0 aromatic heterocycles. The zero-order valence-corrected chi connectivity index (χ0v) is 4.07. The van der Waals surface area contributed by atoms with Crippen LogP contribution in [-0.2, 0) is 0 Å². The molecule has 34 valence electrons. The topological polar surface area (TPSA) is 0 Å². The van der Waals surface area contributed by atoms with E-state index >= 15 is 0 Å². The van der Waals surface area contributed by atoms with Crippen LogP contribution in [0.15, 0.2) is 29.3 Å². The van der Waals surface area contributed by atoms with Crippen molar-refractivity contribution in [3.8, 4) is 0 Å². The molecule has 0 aliphatic heterocycles. The Bertz CT molecular complexity index is 150. The summed E-state index contributed by atoms with van der Waals surface area (Å²) in [6.07, 6.45) is 6.10. The molecule has 0 N–H and O–H groups in total. The molecular weight excluding hydrogens is 84.1 g/mol. The van der Waals surface area contributed by atoms with Crippen LogP contribution in [-0.4, -0.2) is 0 Å². The third-order valence-electron chi connectivity index (χ3n) is 0.804. The highest BCUT2D eigenvalue weighted by molar-refractivity contribution is 4.93. The van der Waals surface area contributed by atoms with E-state index in [4.69, 9.17) is 0 Å². The molecule has 0 nitrogen and oxygen atoms in total. The van der Waals surface area contributed by atoms with E-state index in [-0.39, 0.29) is 0 Å². The maximum Gasteiger partial charge on any atom is -0.0197 e. The minimum atomic E-state index is 1.08. The summed E-state index contributed by atoms with van der Waals surface area (Å²) < 4.78 is 0. The van der Waals surface area contributed by atoms with Crippen molar-refractivity contribution in [3.05, 3.63) is 29.3 Å². The van der Waals surface area contributed by atoms with Crippen LogP contribution in [0, 0.1) is 0 Å². The van der Waals surface area contributed by atoms with Gasteiger partial charge in [0.1, 0.15) is 0 Å². The molecule has 0 radical (unpaired) electrons. The van der Waals surface area contributed by atoms with Crippen molar-refractivity contribution in [2.45, 2.75) is 12.8 Å². The van der Waals surface area contributed by atoms with Crippen LogP contribution < -0.4 is 0 Å². The lowest BCUT2D eigenvalue weighted by Gasteiger charge is -1.73. The molecular formula is C7H6. The largest absolute Gasteiger partial charge is 0.0658 e. The predicted octanol–water partition coefficient (Wildman–Crippen LogP) is 1.80. The summed E-state index contributed by atoms with van der Waals surface area (Å²) in [5.41, 5.74) is 8.40. The van der Waals surface area contributed by atoms with E-state index in [1.54, 1.807) is 0 Å². The lowest BCUT2D eigenvalue weighted by Crippen LogP contribution is -1.56. The first kappa shape index (κ1) is 4.24. The Hall–Kier alpha value is -0.920. The minimum absolute atomic E-state index is 1.08. The Labute approximate surface area is 43.2 Å². The van der Waals surface area contributed by atoms with E-state index in [0.717, 1.165) is 12.8 Å². The van der Waals surface area contributed by atoms with Crippen molar-refractivity contribution in [1.82, 2.24) is 0 Å². The van der Waals surface area contributed by atoms with Crippen LogP contribution >= 0.6 is 0 Å². The van der Waals surface area contributed by atoms with Gasteiger partial charge < -0.3 is 0 Å². The second kappa shape index (κ2) is 2.29. The van der Waals surface area contributed by atoms with Crippen molar-refractivity contribution >= 4 is 0 Å². The molecule has 0 heteroatoms. The average Bonchev–Trinajstić information content (AvgIpc) is 1.90. The van der Waals surface area contributed by atoms with Crippen molar-refractivity contribution in [1.29, 1.82) is 0 Å². The van der Waals surface area contributed by atoms with E-state index in [2.05, 4.69) is 17.2 Å². The van der Waals surface area contributed by atoms with Crippen LogP contribution in [0.4, 0.5) is 0 Å². The SMILES string of the molecule is C1=C=CCCC=C=1. The first-order valence-electron chi connectivity index (χ1n) is 2.39. The fraction of sp³-hybridized carbons (Fsp3) is 0.286. The zero-order valence-electron chi connectivity index (χ0n) is 4.07. The summed E-state index contributed by atoms with van der Waals surface area (Å²) in [4.78, 5) is 0. The molecule has 0 bridgehead atoms. The van der Waals surface area contributed by atoms with Gasteiger partial charge in [0.2, 0.25) is 0 Å². The van der Waals surface area contributed by atoms with Gasteiger partial charge in [-0.05, 0) is 30.7 Å². The van der Waals surface area contributed by atoms with Crippen molar-refractivity contribution < 1.29 is 0 Å². The van der Waals surface area contributed by atoms with Crippen molar-refractivity contribution in [2.24, 2.45) is 0 Å². The maximum atomic E-state index is 2.83. The molecule has 0 saturated heterocycles. The van der Waals surface area contributed by atoms with Gasteiger partial charge in [-0.2, -0.15) is 0 Å². The van der Waals surface area contributed by atoms with Crippen LogP contribution in [0.25, 0.3) is 0 Å². The third kappa shape index (κ3) is 1.30. The molecule has 0 spiro atoms. The number of hydrogen-bond donors (Lipinski definition) is 0. The number of allylic oxidation sites excluding steroid dienone is 2. The molecule has 0 aromatic carbocycles. The molecule has 0 fully saturated rings. The summed E-state index contributed by atoms with van der Waals surface area (Å²) >= 11 is 0. The highest BCUT2D eigenvalue weighted by Crippen LogP contribution is 1.90. The first-order valence-corrected chi connectivity index (χ1v) is 2.39. The Morgan fingerprint density at radius 1 is 1.00 bits per heavy atom. The van der Waals surface area contributed by atoms with Crippen LogP contribution in [0.2, 0.25) is 0 Å². The summed E-state index contributed by atoms with van der Waals surface area (Å²) in [5.74, 6) is 0. The molecule has 7 heavy (non-hydrogen) atoms. The molecule has 0 unspecified atom stereocenters. The molecule has 0 aromatic rings. The van der Waals surface area contributed by atoms with E-state index in [9.17, 15) is 0 Å². The monoisotopic (exact) mass is 90.0 g/mol. The zero-order chi connectivity index (χ0) is 4.95. The van der Waals surface area contributed by atoms with Gasteiger partial charge in [0.05, 0.1) is 0 Å². The van der Waals surface area contributed by atoms with E-state index in [1.807, 2.05) is 12.2 Å². The molecule has 0 saturated carbocycles. The standard InChI is InChI=1S/C7H6/c1-2-4-6-7-5-3-1/h1,6H,2,4H2. The van der Waals surface area contributed by atoms with Crippen LogP contribution in [0.3, 0.4) is 0 Å². The fourth-order valence-corrected chi connectivity index (χ4v) is 0.455. The Balaban J connectivity index is 3.00. The first-order chi connectivity index (χ1) is 3.50. The molecule has 1 aliphatic rings. The number of rotatable bonds is 0. The van der Waals surface area contributed by atoms with Gasteiger partial charge in [-0.1, -0.05) is 11.5 Å². The molecule has 0 atom stereocenters. The third-order valence-corrected chi connectivity index (χ3v) is 0.804. The quantitative estimate of drug-likeness (QED) is 0.398. The predicted molar refractivity (Wildman–Crippen MR) is 28.9 cm³/mol. The van der Waals surface area contributed by atoms with Gasteiger partial charge in [0.15, 0.2) is 0 Å². The molecule has 0 amide bonds. The summed E-state index contributed by atoms with van der Waals surface area (Å²) in [5, 5.41) is 0. The van der Waals surface area contributed by atoms with Crippen molar-refractivity contribution in [2.75, 3.05) is 0 Å². The van der Waals surface area contributed by atoms with Crippen LogP contribution in [0.5, 0.6) is 0 Å². The lowest BCUT2D eigenvalue weighted by atomic mass is 10.3. The molecule has 1 rings (SSSR count). The van der Waals surface area contributed by atoms with Crippen molar-refractivity contribution in [3.63, 3.8) is 0 Å². The van der Waals surface area contributed by atoms with E-state index in [1.165, 1.54) is 0 Å². The van der Waals surface area contributed by atoms with Gasteiger partial charge in [-0.15, -0.1) is 0 Å². The molecule has 0 heterocycles. The highest BCUT2D eigenvalue weighted by atomic mass is 13.8. The molecule has 1 aliphatic carbocycles. The van der Waals surface area contributed by atoms with Gasteiger partial charge in [-0.3, -0.25) is 0 Å². The van der Waals surface area contributed by atoms with Gasteiger partial charge in [-0.25, -0.2) is 0 Å². The lowest BCUT2D eigenvalue weighted by molar-refractivity contribution is 1.06. The second-order valence-electron chi connectivity index (χ2n) is 1.40. The summed E-state index contributed by atoms with van der Waals surface area (Å²) in [6.45, 7) is 0. The fourth-order valence-electron chi connectivity index (χ4n) is 0.455. The summed E-state index contributed by atoms with van der Waals surface area (Å²) in [6, 6.07) is 0. The normalized spacial score (nSPS) is 14.9. The number of hydrogen-bond acceptors (Lipinski definition) is 0. The maximum absolute atomic E-state index is 2.83.